The van der Waals surface area contributed by atoms with Gasteiger partial charge >= 0.3 is 6.18 Å². The first-order valence-corrected chi connectivity index (χ1v) is 8.05. The molecular weight excluding hydrogens is 295 g/mol. The highest BCUT2D eigenvalue weighted by atomic mass is 19.4. The van der Waals surface area contributed by atoms with Crippen molar-refractivity contribution < 1.29 is 18.0 Å². The summed E-state index contributed by atoms with van der Waals surface area (Å²) < 4.78 is 39.0. The third kappa shape index (κ3) is 2.73. The number of primary amides is 1. The zero-order chi connectivity index (χ0) is 16.1. The first-order valence-electron chi connectivity index (χ1n) is 8.05. The maximum absolute atomic E-state index is 13.0. The minimum absolute atomic E-state index is 0.139. The van der Waals surface area contributed by atoms with Gasteiger partial charge in [-0.2, -0.15) is 13.2 Å². The number of carbonyl (C=O) groups excluding carboxylic acids is 1. The molecule has 0 spiro atoms. The van der Waals surface area contributed by atoms with Gasteiger partial charge in [0, 0.05) is 24.0 Å². The van der Waals surface area contributed by atoms with E-state index >= 15 is 0 Å². The van der Waals surface area contributed by atoms with Gasteiger partial charge in [-0.3, -0.25) is 9.69 Å². The average molecular weight is 319 g/mol. The van der Waals surface area contributed by atoms with Crippen molar-refractivity contribution in [1.29, 1.82) is 0 Å². The molecule has 3 saturated heterocycles. The van der Waals surface area contributed by atoms with Crippen LogP contribution in [0.25, 0.3) is 0 Å². The molecule has 3 heterocycles. The van der Waals surface area contributed by atoms with Crippen LogP contribution < -0.4 is 11.1 Å². The molecule has 0 aromatic heterocycles. The van der Waals surface area contributed by atoms with E-state index < -0.39 is 12.2 Å². The molecular formula is C15H24F3N3O. The van der Waals surface area contributed by atoms with Crippen LogP contribution in [-0.4, -0.2) is 48.2 Å². The van der Waals surface area contributed by atoms with Crippen LogP contribution in [0, 0.1) is 11.8 Å². The maximum atomic E-state index is 13.0. The first kappa shape index (κ1) is 16.1. The van der Waals surface area contributed by atoms with Gasteiger partial charge in [0.2, 0.25) is 5.91 Å². The Morgan fingerprint density at radius 1 is 1.32 bits per heavy atom. The number of fused-ring (bicyclic) bond motifs is 2. The number of halogens is 3. The van der Waals surface area contributed by atoms with Gasteiger partial charge in [0.05, 0.1) is 0 Å². The molecule has 2 bridgehead atoms. The molecule has 5 atom stereocenters. The molecule has 3 rings (SSSR count). The summed E-state index contributed by atoms with van der Waals surface area (Å²) in [5.41, 5.74) is 5.29. The zero-order valence-electron chi connectivity index (χ0n) is 12.8. The monoisotopic (exact) mass is 319 g/mol. The molecule has 0 radical (unpaired) electrons. The molecule has 0 aliphatic carbocycles. The normalized spacial score (nSPS) is 43.3. The van der Waals surface area contributed by atoms with Crippen molar-refractivity contribution in [1.82, 2.24) is 10.2 Å². The maximum Gasteiger partial charge on any atom is 0.404 e. The Bertz CT molecular complexity index is 456. The Labute approximate surface area is 128 Å². The average Bonchev–Trinajstić information content (AvgIpc) is 2.73. The fraction of sp³-hybridized carbons (Fsp3) is 0.933. The topological polar surface area (TPSA) is 58.4 Å². The molecule has 126 valence electrons. The molecule has 3 fully saturated rings. The zero-order valence-corrected chi connectivity index (χ0v) is 12.8. The summed E-state index contributed by atoms with van der Waals surface area (Å²) in [5.74, 6) is -0.252. The molecule has 22 heavy (non-hydrogen) atoms. The molecule has 7 heteroatoms. The van der Waals surface area contributed by atoms with Crippen LogP contribution in [0.4, 0.5) is 13.2 Å². The lowest BCUT2D eigenvalue weighted by molar-refractivity contribution is -0.193. The fourth-order valence-corrected chi connectivity index (χ4v) is 4.90. The summed E-state index contributed by atoms with van der Waals surface area (Å²) in [7, 11) is 1.56. The van der Waals surface area contributed by atoms with Gasteiger partial charge in [0.15, 0.2) is 0 Å². The Morgan fingerprint density at radius 2 is 2.05 bits per heavy atom. The van der Waals surface area contributed by atoms with Crippen LogP contribution in [0.5, 0.6) is 0 Å². The molecule has 4 nitrogen and oxygen atoms in total. The van der Waals surface area contributed by atoms with E-state index in [9.17, 15) is 18.0 Å². The second kappa shape index (κ2) is 5.37. The molecule has 0 aromatic carbocycles. The molecule has 0 aromatic rings. The van der Waals surface area contributed by atoms with E-state index in [1.165, 1.54) is 4.90 Å². The quantitative estimate of drug-likeness (QED) is 0.813. The number of hydrogen-bond acceptors (Lipinski definition) is 3. The molecule has 1 amide bonds. The van der Waals surface area contributed by atoms with E-state index in [1.807, 2.05) is 0 Å². The number of carbonyl (C=O) groups is 1. The molecule has 3 aliphatic rings. The molecule has 0 saturated carbocycles. The SMILES string of the molecule is CN1C[C@@H](C23CCC(CC(C(N)=O)C2)N3)CC[C@@H]1C(F)(F)F. The number of nitrogens with one attached hydrogen (secondary N) is 1. The second-order valence-electron chi connectivity index (χ2n) is 7.35. The van der Waals surface area contributed by atoms with Gasteiger partial charge in [-0.1, -0.05) is 0 Å². The number of amides is 1. The van der Waals surface area contributed by atoms with Gasteiger partial charge in [0.1, 0.15) is 6.04 Å². The van der Waals surface area contributed by atoms with Gasteiger partial charge < -0.3 is 11.1 Å². The van der Waals surface area contributed by atoms with Crippen molar-refractivity contribution in [2.75, 3.05) is 13.6 Å². The number of nitrogens with zero attached hydrogens (tertiary/aromatic N) is 1. The van der Waals surface area contributed by atoms with E-state index in [1.54, 1.807) is 7.05 Å². The van der Waals surface area contributed by atoms with E-state index in [-0.39, 0.29) is 35.7 Å². The molecule has 3 unspecified atom stereocenters. The van der Waals surface area contributed by atoms with E-state index in [2.05, 4.69) is 5.32 Å². The van der Waals surface area contributed by atoms with E-state index in [0.717, 1.165) is 19.3 Å². The number of piperidine rings is 2. The van der Waals surface area contributed by atoms with Crippen LogP contribution >= 0.6 is 0 Å². The highest BCUT2D eigenvalue weighted by Crippen LogP contribution is 2.47. The molecule has 3 aliphatic heterocycles. The van der Waals surface area contributed by atoms with Crippen LogP contribution in [0.15, 0.2) is 0 Å². The number of likely N-dealkylation sites (tertiary alicyclic amines) is 1. The van der Waals surface area contributed by atoms with Crippen molar-refractivity contribution in [2.24, 2.45) is 17.6 Å². The third-order valence-electron chi connectivity index (χ3n) is 6.00. The summed E-state index contributed by atoms with van der Waals surface area (Å²) in [6.07, 6.45) is -0.0900. The van der Waals surface area contributed by atoms with Crippen LogP contribution in [-0.2, 0) is 4.79 Å². The minimum Gasteiger partial charge on any atom is -0.369 e. The van der Waals surface area contributed by atoms with Crippen molar-refractivity contribution in [3.8, 4) is 0 Å². The predicted molar refractivity (Wildman–Crippen MR) is 76.0 cm³/mol. The van der Waals surface area contributed by atoms with Gasteiger partial charge in [-0.05, 0) is 51.5 Å². The van der Waals surface area contributed by atoms with Gasteiger partial charge in [-0.15, -0.1) is 0 Å². The summed E-state index contributed by atoms with van der Waals surface area (Å²) in [5, 5.41) is 3.62. The van der Waals surface area contributed by atoms with Crippen molar-refractivity contribution in [3.63, 3.8) is 0 Å². The van der Waals surface area contributed by atoms with E-state index in [4.69, 9.17) is 5.73 Å². The Balaban J connectivity index is 1.73. The largest absolute Gasteiger partial charge is 0.404 e. The second-order valence-corrected chi connectivity index (χ2v) is 7.35. The fourth-order valence-electron chi connectivity index (χ4n) is 4.90. The minimum atomic E-state index is -4.16. The first-order chi connectivity index (χ1) is 10.2. The predicted octanol–water partition coefficient (Wildman–Crippen LogP) is 1.65. The summed E-state index contributed by atoms with van der Waals surface area (Å²) in [4.78, 5) is 13.0. The summed E-state index contributed by atoms with van der Waals surface area (Å²) in [6.45, 7) is 0.426. The summed E-state index contributed by atoms with van der Waals surface area (Å²) >= 11 is 0. The number of nitrogens with two attached hydrogens (primary N) is 1. The number of alkyl halides is 3. The Kier molecular flexibility index (Phi) is 3.92. The summed E-state index contributed by atoms with van der Waals surface area (Å²) in [6, 6.07) is -1.05. The van der Waals surface area contributed by atoms with Crippen LogP contribution in [0.1, 0.15) is 38.5 Å². The van der Waals surface area contributed by atoms with E-state index in [0.29, 0.717) is 19.4 Å². The number of rotatable bonds is 2. The molecule has 3 N–H and O–H groups in total. The smallest absolute Gasteiger partial charge is 0.369 e. The highest BCUT2D eigenvalue weighted by Gasteiger charge is 2.54. The lowest BCUT2D eigenvalue weighted by Crippen LogP contribution is -2.61. The van der Waals surface area contributed by atoms with Crippen LogP contribution in [0.2, 0.25) is 0 Å². The number of hydrogen-bond donors (Lipinski definition) is 2. The standard InChI is InChI=1S/C15H24F3N3O/c1-21-8-10(2-3-12(21)15(16,17)18)14-5-4-11(20-14)6-9(7-14)13(19)22/h9-12,20H,2-8H2,1H3,(H2,19,22)/t9?,10-,11?,12+,14?/m0/s1. The van der Waals surface area contributed by atoms with Crippen molar-refractivity contribution in [2.45, 2.75) is 62.3 Å². The van der Waals surface area contributed by atoms with Gasteiger partial charge in [-0.25, -0.2) is 0 Å². The van der Waals surface area contributed by atoms with Crippen molar-refractivity contribution in [3.05, 3.63) is 0 Å². The highest BCUT2D eigenvalue weighted by molar-refractivity contribution is 5.77. The Hall–Kier alpha value is -0.820. The van der Waals surface area contributed by atoms with Crippen molar-refractivity contribution >= 4 is 5.91 Å². The lowest BCUT2D eigenvalue weighted by atomic mass is 9.70. The third-order valence-corrected chi connectivity index (χ3v) is 6.00. The van der Waals surface area contributed by atoms with Crippen LogP contribution in [0.3, 0.4) is 0 Å². The lowest BCUT2D eigenvalue weighted by Gasteiger charge is -2.49. The Morgan fingerprint density at radius 3 is 2.64 bits per heavy atom. The van der Waals surface area contributed by atoms with Gasteiger partial charge in [0.25, 0.3) is 0 Å².